The van der Waals surface area contributed by atoms with Gasteiger partial charge in [-0.3, -0.25) is 9.59 Å². The van der Waals surface area contributed by atoms with Crippen LogP contribution in [0.15, 0.2) is 124 Å². The van der Waals surface area contributed by atoms with Gasteiger partial charge in [-0.1, -0.05) is 36.4 Å². The van der Waals surface area contributed by atoms with Gasteiger partial charge in [-0.2, -0.15) is 18.3 Å². The van der Waals surface area contributed by atoms with Crippen LogP contribution in [0.4, 0.5) is 30.5 Å². The molecule has 0 fully saturated rings. The molecular formula is C42H41F3N8O6S3. The van der Waals surface area contributed by atoms with Crippen LogP contribution in [0.1, 0.15) is 38.4 Å². The van der Waals surface area contributed by atoms with E-state index in [0.29, 0.717) is 60.6 Å². The molecule has 3 aromatic heterocycles. The van der Waals surface area contributed by atoms with Crippen LogP contribution in [0.3, 0.4) is 0 Å². The summed E-state index contributed by atoms with van der Waals surface area (Å²) in [5.74, 6) is -1.57. The molecule has 6 aromatic rings. The zero-order chi connectivity index (χ0) is 44.2. The third-order valence-electron chi connectivity index (χ3n) is 10.0. The lowest BCUT2D eigenvalue weighted by Crippen LogP contribution is -2.33. The molecule has 0 bridgehead atoms. The first-order valence-corrected chi connectivity index (χ1v) is 23.4. The first kappa shape index (κ1) is 44.2. The van der Waals surface area contributed by atoms with Crippen molar-refractivity contribution in [1.82, 2.24) is 24.5 Å². The maximum atomic E-state index is 14.1. The summed E-state index contributed by atoms with van der Waals surface area (Å²) < 4.78 is 97.3. The van der Waals surface area contributed by atoms with E-state index < -0.39 is 64.1 Å². The van der Waals surface area contributed by atoms with E-state index >= 15 is 0 Å². The Morgan fingerprint density at radius 3 is 2.44 bits per heavy atom. The van der Waals surface area contributed by atoms with Crippen molar-refractivity contribution < 1.29 is 39.6 Å². The minimum atomic E-state index is -6.06. The van der Waals surface area contributed by atoms with Crippen molar-refractivity contribution in [3.63, 3.8) is 0 Å². The third kappa shape index (κ3) is 10.1. The van der Waals surface area contributed by atoms with E-state index in [1.807, 2.05) is 60.3 Å². The van der Waals surface area contributed by atoms with Crippen molar-refractivity contribution in [3.8, 4) is 0 Å². The van der Waals surface area contributed by atoms with E-state index in [1.165, 1.54) is 28.4 Å². The van der Waals surface area contributed by atoms with Gasteiger partial charge in [-0.25, -0.2) is 31.3 Å². The van der Waals surface area contributed by atoms with Gasteiger partial charge in [0, 0.05) is 41.5 Å². The number of aromatic nitrogens is 4. The minimum Gasteiger partial charge on any atom is -0.380 e. The number of benzene rings is 3. The fraction of sp³-hybridized carbons (Fsp3) is 0.262. The normalized spacial score (nSPS) is 13.8. The highest BCUT2D eigenvalue weighted by molar-refractivity contribution is 7.99. The topological polar surface area (TPSA) is 176 Å². The SMILES string of the molecule is CN(C)CC[C@H](CSc1ccccc1)Nc1ccc(S(=O)(=O)CC(=O)c2cccc(N3CCc4cccc(C(=O)Nc5cn6ncccc6n5)c4C3)n2)cc1S(=O)(=O)C(F)(F)F. The first-order chi connectivity index (χ1) is 29.5. The highest BCUT2D eigenvalue weighted by atomic mass is 32.2. The Balaban J connectivity index is 1.10. The zero-order valence-electron chi connectivity index (χ0n) is 33.4. The molecule has 2 N–H and O–H groups in total. The number of alkyl halides is 3. The Kier molecular flexibility index (Phi) is 13.0. The number of fused-ring (bicyclic) bond motifs is 2. The molecule has 324 valence electrons. The highest BCUT2D eigenvalue weighted by Gasteiger charge is 2.48. The van der Waals surface area contributed by atoms with E-state index in [0.717, 1.165) is 28.2 Å². The largest absolute Gasteiger partial charge is 0.501 e. The summed E-state index contributed by atoms with van der Waals surface area (Å²) in [4.78, 5) is 38.5. The summed E-state index contributed by atoms with van der Waals surface area (Å²) in [6.45, 7) is 1.20. The molecule has 0 saturated heterocycles. The van der Waals surface area contributed by atoms with Gasteiger partial charge in [-0.15, -0.1) is 11.8 Å². The number of amides is 1. The number of rotatable bonds is 16. The van der Waals surface area contributed by atoms with Gasteiger partial charge in [-0.05, 0) is 105 Å². The van der Waals surface area contributed by atoms with E-state index in [4.69, 9.17) is 0 Å². The number of nitrogens with zero attached hydrogens (tertiary/aromatic N) is 6. The number of carbonyl (C=O) groups is 2. The van der Waals surface area contributed by atoms with Crippen molar-refractivity contribution in [3.05, 3.63) is 132 Å². The van der Waals surface area contributed by atoms with Crippen molar-refractivity contribution in [2.45, 2.75) is 45.6 Å². The van der Waals surface area contributed by atoms with E-state index in [9.17, 15) is 39.6 Å². The molecule has 0 spiro atoms. The average molecular weight is 907 g/mol. The van der Waals surface area contributed by atoms with Crippen LogP contribution in [-0.4, -0.2) is 103 Å². The number of carbonyl (C=O) groups excluding carboxylic acids is 2. The van der Waals surface area contributed by atoms with Crippen LogP contribution < -0.4 is 15.5 Å². The third-order valence-corrected chi connectivity index (χ3v) is 14.4. The number of hydrogen-bond acceptors (Lipinski definition) is 13. The van der Waals surface area contributed by atoms with Crippen LogP contribution in [0.2, 0.25) is 0 Å². The summed E-state index contributed by atoms with van der Waals surface area (Å²) in [7, 11) is -7.12. The Morgan fingerprint density at radius 2 is 1.69 bits per heavy atom. The maximum absolute atomic E-state index is 14.1. The van der Waals surface area contributed by atoms with Gasteiger partial charge < -0.3 is 20.4 Å². The second-order valence-electron chi connectivity index (χ2n) is 14.7. The lowest BCUT2D eigenvalue weighted by molar-refractivity contribution is -0.0435. The number of pyridine rings is 1. The van der Waals surface area contributed by atoms with Crippen LogP contribution in [0, 0.1) is 0 Å². The summed E-state index contributed by atoms with van der Waals surface area (Å²) in [6, 6.07) is 24.5. The number of Topliss-reactive ketones (excluding diaryl/α,β-unsaturated/α-hetero) is 1. The fourth-order valence-electron chi connectivity index (χ4n) is 6.86. The second-order valence-corrected chi connectivity index (χ2v) is 19.7. The summed E-state index contributed by atoms with van der Waals surface area (Å²) in [5.41, 5.74) is -3.79. The molecule has 3 aromatic carbocycles. The van der Waals surface area contributed by atoms with Crippen molar-refractivity contribution >= 4 is 66.1 Å². The molecule has 0 saturated carbocycles. The molecule has 62 heavy (non-hydrogen) atoms. The highest BCUT2D eigenvalue weighted by Crippen LogP contribution is 2.37. The van der Waals surface area contributed by atoms with Gasteiger partial charge in [0.2, 0.25) is 0 Å². The Labute approximate surface area is 360 Å². The molecule has 1 aliphatic rings. The van der Waals surface area contributed by atoms with Gasteiger partial charge in [0.1, 0.15) is 22.2 Å². The Morgan fingerprint density at radius 1 is 0.919 bits per heavy atom. The number of ketones is 1. The standard InChI is InChI=1S/C42H41F3N8O6S3/c1-51(2)21-19-29(26-60-30-10-4-3-5-11-30)47-35-17-16-31(23-37(35)62(58,59)42(43,44)45)61(56,57)27-36(54)34-13-7-14-39(48-34)52-22-18-28-9-6-12-32(33(28)24-52)41(55)50-38-25-53-40(49-38)15-8-20-46-53/h3-17,20,23,25,29,47H,18-19,21-22,24,26-27H2,1-2H3,(H,50,55)/t29-/m1/s1. The van der Waals surface area contributed by atoms with Gasteiger partial charge in [0.15, 0.2) is 27.1 Å². The van der Waals surface area contributed by atoms with Crippen molar-refractivity contribution in [2.24, 2.45) is 0 Å². The molecule has 1 atom stereocenters. The van der Waals surface area contributed by atoms with E-state index in [1.54, 1.807) is 42.7 Å². The molecule has 20 heteroatoms. The predicted octanol–water partition coefficient (Wildman–Crippen LogP) is 6.41. The molecule has 0 unspecified atom stereocenters. The fourth-order valence-corrected chi connectivity index (χ4v) is 10.1. The molecule has 7 rings (SSSR count). The first-order valence-electron chi connectivity index (χ1n) is 19.2. The number of hydrogen-bond donors (Lipinski definition) is 2. The minimum absolute atomic E-state index is 0.229. The van der Waals surface area contributed by atoms with Gasteiger partial charge in [0.05, 0.1) is 16.8 Å². The van der Waals surface area contributed by atoms with Crippen molar-refractivity contribution in [1.29, 1.82) is 0 Å². The molecular weight excluding hydrogens is 866 g/mol. The molecule has 0 radical (unpaired) electrons. The Bertz CT molecular complexity index is 2810. The monoisotopic (exact) mass is 906 g/mol. The molecule has 14 nitrogen and oxygen atoms in total. The number of halogens is 3. The second kappa shape index (κ2) is 18.3. The summed E-state index contributed by atoms with van der Waals surface area (Å²) in [6.07, 6.45) is 4.13. The number of anilines is 3. The van der Waals surface area contributed by atoms with Crippen LogP contribution in [0.25, 0.3) is 5.65 Å². The number of nitrogens with one attached hydrogen (secondary N) is 2. The number of thioether (sulfide) groups is 1. The number of sulfone groups is 2. The number of imidazole rings is 1. The van der Waals surface area contributed by atoms with Crippen LogP contribution in [0.5, 0.6) is 0 Å². The molecule has 4 heterocycles. The van der Waals surface area contributed by atoms with Gasteiger partial charge >= 0.3 is 5.51 Å². The lowest BCUT2D eigenvalue weighted by atomic mass is 9.94. The maximum Gasteiger partial charge on any atom is 0.501 e. The van der Waals surface area contributed by atoms with Crippen LogP contribution >= 0.6 is 11.8 Å². The Hall–Kier alpha value is -5.83. The smallest absolute Gasteiger partial charge is 0.380 e. The quantitative estimate of drug-likeness (QED) is 0.0806. The molecule has 1 amide bonds. The molecule has 1 aliphatic heterocycles. The predicted molar refractivity (Wildman–Crippen MR) is 230 cm³/mol. The average Bonchev–Trinajstić information content (AvgIpc) is 3.66. The lowest BCUT2D eigenvalue weighted by Gasteiger charge is -2.31. The van der Waals surface area contributed by atoms with E-state index in [2.05, 4.69) is 25.7 Å². The van der Waals surface area contributed by atoms with Crippen molar-refractivity contribution in [2.75, 3.05) is 54.2 Å². The zero-order valence-corrected chi connectivity index (χ0v) is 35.9. The van der Waals surface area contributed by atoms with E-state index in [-0.39, 0.29) is 12.2 Å². The summed E-state index contributed by atoms with van der Waals surface area (Å²) in [5, 5.41) is 9.93. The molecule has 0 aliphatic carbocycles. The van der Waals surface area contributed by atoms with Gasteiger partial charge in [0.25, 0.3) is 15.7 Å². The summed E-state index contributed by atoms with van der Waals surface area (Å²) >= 11 is 1.42. The van der Waals surface area contributed by atoms with Crippen LogP contribution in [-0.2, 0) is 32.6 Å².